The number of carbonyl (C=O) groups excluding carboxylic acids is 2. The van der Waals surface area contributed by atoms with Gasteiger partial charge in [0.25, 0.3) is 5.91 Å². The maximum atomic E-state index is 13.1. The highest BCUT2D eigenvalue weighted by Gasteiger charge is 2.34. The van der Waals surface area contributed by atoms with Crippen LogP contribution < -0.4 is 10.2 Å². The van der Waals surface area contributed by atoms with Crippen molar-refractivity contribution in [3.05, 3.63) is 53.6 Å². The highest BCUT2D eigenvalue weighted by Crippen LogP contribution is 2.37. The van der Waals surface area contributed by atoms with Crippen LogP contribution in [-0.2, 0) is 21.0 Å². The summed E-state index contributed by atoms with van der Waals surface area (Å²) in [4.78, 5) is 26.1. The number of rotatable bonds is 5. The van der Waals surface area contributed by atoms with E-state index in [-0.39, 0.29) is 34.9 Å². The first kappa shape index (κ1) is 22.8. The van der Waals surface area contributed by atoms with Gasteiger partial charge in [-0.1, -0.05) is 19.9 Å². The SMILES string of the molecule is CCN(CC)S(=O)(=O)c1cccc(C(=O)N2CC(=O)Nc3cc(C(F)(F)F)ccc32)c1. The minimum atomic E-state index is -4.61. The minimum absolute atomic E-state index is 0.00576. The number of nitrogens with zero attached hydrogens (tertiary/aromatic N) is 2. The Morgan fingerprint density at radius 2 is 1.81 bits per heavy atom. The second-order valence-electron chi connectivity index (χ2n) is 6.79. The average molecular weight is 455 g/mol. The predicted molar refractivity (Wildman–Crippen MR) is 108 cm³/mol. The van der Waals surface area contributed by atoms with Crippen molar-refractivity contribution in [1.29, 1.82) is 0 Å². The molecule has 2 amide bonds. The number of alkyl halides is 3. The number of nitrogens with one attached hydrogen (secondary N) is 1. The smallest absolute Gasteiger partial charge is 0.323 e. The lowest BCUT2D eigenvalue weighted by molar-refractivity contribution is -0.137. The fourth-order valence-electron chi connectivity index (χ4n) is 3.31. The van der Waals surface area contributed by atoms with Crippen molar-refractivity contribution in [3.63, 3.8) is 0 Å². The number of amides is 2. The van der Waals surface area contributed by atoms with E-state index >= 15 is 0 Å². The molecule has 0 unspecified atom stereocenters. The lowest BCUT2D eigenvalue weighted by Crippen LogP contribution is -2.42. The molecule has 0 saturated heterocycles. The number of fused-ring (bicyclic) bond motifs is 1. The highest BCUT2D eigenvalue weighted by molar-refractivity contribution is 7.89. The molecular weight excluding hydrogens is 435 g/mol. The molecule has 0 aromatic heterocycles. The van der Waals surface area contributed by atoms with Crippen LogP contribution in [0.5, 0.6) is 0 Å². The van der Waals surface area contributed by atoms with E-state index in [0.717, 1.165) is 23.1 Å². The van der Waals surface area contributed by atoms with Crippen LogP contribution in [0.3, 0.4) is 0 Å². The van der Waals surface area contributed by atoms with Gasteiger partial charge in [0.1, 0.15) is 6.54 Å². The first-order valence-electron chi connectivity index (χ1n) is 9.42. The Hall–Kier alpha value is -2.92. The molecule has 0 bridgehead atoms. The third kappa shape index (κ3) is 4.42. The number of benzene rings is 2. The van der Waals surface area contributed by atoms with Gasteiger partial charge in [-0.05, 0) is 36.4 Å². The molecular formula is C20H20F3N3O4S. The van der Waals surface area contributed by atoms with E-state index in [0.29, 0.717) is 0 Å². The zero-order valence-electron chi connectivity index (χ0n) is 16.7. The second-order valence-corrected chi connectivity index (χ2v) is 8.72. The number of hydrogen-bond donors (Lipinski definition) is 1. The van der Waals surface area contributed by atoms with Crippen LogP contribution in [0.15, 0.2) is 47.4 Å². The quantitative estimate of drug-likeness (QED) is 0.749. The van der Waals surface area contributed by atoms with Crippen molar-refractivity contribution < 1.29 is 31.2 Å². The van der Waals surface area contributed by atoms with E-state index < -0.39 is 40.1 Å². The van der Waals surface area contributed by atoms with Gasteiger partial charge in [-0.15, -0.1) is 0 Å². The van der Waals surface area contributed by atoms with Crippen LogP contribution in [0.4, 0.5) is 24.5 Å². The topological polar surface area (TPSA) is 86.8 Å². The molecule has 0 aliphatic carbocycles. The monoisotopic (exact) mass is 455 g/mol. The number of anilines is 2. The van der Waals surface area contributed by atoms with Crippen LogP contribution in [0.25, 0.3) is 0 Å². The molecule has 1 aliphatic rings. The summed E-state index contributed by atoms with van der Waals surface area (Å²) in [6.07, 6.45) is -4.61. The van der Waals surface area contributed by atoms with Gasteiger partial charge in [-0.3, -0.25) is 14.5 Å². The first-order chi connectivity index (χ1) is 14.5. The molecule has 0 atom stereocenters. The van der Waals surface area contributed by atoms with Crippen LogP contribution in [0, 0.1) is 0 Å². The molecule has 1 heterocycles. The standard InChI is InChI=1S/C20H20F3N3O4S/c1-3-25(4-2)31(29,30)15-7-5-6-13(10-15)19(28)26-12-18(27)24-16-11-14(20(21,22)23)8-9-17(16)26/h5-11H,3-4,12H2,1-2H3,(H,24,27). The van der Waals surface area contributed by atoms with Crippen molar-refractivity contribution in [3.8, 4) is 0 Å². The Balaban J connectivity index is 2.01. The molecule has 3 rings (SSSR count). The van der Waals surface area contributed by atoms with Gasteiger partial charge in [0, 0.05) is 18.7 Å². The van der Waals surface area contributed by atoms with Crippen molar-refractivity contribution >= 4 is 33.2 Å². The van der Waals surface area contributed by atoms with E-state index in [1.54, 1.807) is 13.8 Å². The maximum absolute atomic E-state index is 13.1. The summed E-state index contributed by atoms with van der Waals surface area (Å²) in [5.41, 5.74) is -1.03. The molecule has 0 saturated carbocycles. The third-order valence-corrected chi connectivity index (χ3v) is 6.91. The van der Waals surface area contributed by atoms with Gasteiger partial charge >= 0.3 is 6.18 Å². The van der Waals surface area contributed by atoms with E-state index in [4.69, 9.17) is 0 Å². The summed E-state index contributed by atoms with van der Waals surface area (Å²) < 4.78 is 65.8. The maximum Gasteiger partial charge on any atom is 0.416 e. The molecule has 2 aromatic rings. The van der Waals surface area contributed by atoms with Gasteiger partial charge < -0.3 is 5.32 Å². The summed E-state index contributed by atoms with van der Waals surface area (Å²) in [5.74, 6) is -1.36. The Kier molecular flexibility index (Phi) is 6.10. The van der Waals surface area contributed by atoms with Gasteiger partial charge in [0.2, 0.25) is 15.9 Å². The fraction of sp³-hybridized carbons (Fsp3) is 0.300. The average Bonchev–Trinajstić information content (AvgIpc) is 2.72. The summed E-state index contributed by atoms with van der Waals surface area (Å²) in [6.45, 7) is 3.46. The molecule has 31 heavy (non-hydrogen) atoms. The summed E-state index contributed by atoms with van der Waals surface area (Å²) >= 11 is 0. The van der Waals surface area contributed by atoms with Gasteiger partial charge in [-0.2, -0.15) is 17.5 Å². The molecule has 1 aliphatic heterocycles. The lowest BCUT2D eigenvalue weighted by atomic mass is 10.1. The number of carbonyl (C=O) groups is 2. The first-order valence-corrected chi connectivity index (χ1v) is 10.9. The zero-order chi connectivity index (χ0) is 23.0. The molecule has 2 aromatic carbocycles. The Labute approximate surface area is 177 Å². The molecule has 0 radical (unpaired) electrons. The molecule has 166 valence electrons. The number of halogens is 3. The van der Waals surface area contributed by atoms with Crippen LogP contribution in [0.1, 0.15) is 29.8 Å². The Bertz CT molecular complexity index is 1130. The molecule has 0 spiro atoms. The number of sulfonamides is 1. The van der Waals surface area contributed by atoms with Crippen molar-refractivity contribution in [2.24, 2.45) is 0 Å². The zero-order valence-corrected chi connectivity index (χ0v) is 17.5. The lowest BCUT2D eigenvalue weighted by Gasteiger charge is -2.30. The normalized spacial score (nSPS) is 14.4. The van der Waals surface area contributed by atoms with Crippen LogP contribution >= 0.6 is 0 Å². The van der Waals surface area contributed by atoms with E-state index in [2.05, 4.69) is 5.32 Å². The van der Waals surface area contributed by atoms with Gasteiger partial charge in [0.05, 0.1) is 21.8 Å². The van der Waals surface area contributed by atoms with Gasteiger partial charge in [-0.25, -0.2) is 8.42 Å². The van der Waals surface area contributed by atoms with E-state index in [1.165, 1.54) is 28.6 Å². The van der Waals surface area contributed by atoms with E-state index in [9.17, 15) is 31.2 Å². The summed E-state index contributed by atoms with van der Waals surface area (Å²) in [6, 6.07) is 8.03. The number of hydrogen-bond acceptors (Lipinski definition) is 4. The second kappa shape index (κ2) is 8.31. The van der Waals surface area contributed by atoms with Crippen LogP contribution in [-0.4, -0.2) is 44.2 Å². The Morgan fingerprint density at radius 1 is 1.13 bits per heavy atom. The Morgan fingerprint density at radius 3 is 2.42 bits per heavy atom. The fourth-order valence-corrected chi connectivity index (χ4v) is 4.81. The van der Waals surface area contributed by atoms with Crippen LogP contribution in [0.2, 0.25) is 0 Å². The minimum Gasteiger partial charge on any atom is -0.323 e. The molecule has 0 fully saturated rings. The molecule has 7 nitrogen and oxygen atoms in total. The third-order valence-electron chi connectivity index (χ3n) is 4.86. The summed E-state index contributed by atoms with van der Waals surface area (Å²) in [7, 11) is -3.82. The van der Waals surface area contributed by atoms with Crippen molar-refractivity contribution in [1.82, 2.24) is 4.31 Å². The van der Waals surface area contributed by atoms with Gasteiger partial charge in [0.15, 0.2) is 0 Å². The highest BCUT2D eigenvalue weighted by atomic mass is 32.2. The van der Waals surface area contributed by atoms with E-state index in [1.807, 2.05) is 0 Å². The van der Waals surface area contributed by atoms with Crippen molar-refractivity contribution in [2.75, 3.05) is 29.9 Å². The molecule has 1 N–H and O–H groups in total. The van der Waals surface area contributed by atoms with Crippen molar-refractivity contribution in [2.45, 2.75) is 24.9 Å². The summed E-state index contributed by atoms with van der Waals surface area (Å²) in [5, 5.41) is 2.34. The largest absolute Gasteiger partial charge is 0.416 e. The predicted octanol–water partition coefficient (Wildman–Crippen LogP) is 3.33. The molecule has 11 heteroatoms.